The topological polar surface area (TPSA) is 30.9 Å². The second-order valence-corrected chi connectivity index (χ2v) is 5.21. The van der Waals surface area contributed by atoms with Gasteiger partial charge >= 0.3 is 0 Å². The second-order valence-electron chi connectivity index (χ2n) is 5.21. The van der Waals surface area contributed by atoms with Crippen LogP contribution in [0, 0.1) is 0 Å². The first-order chi connectivity index (χ1) is 9.74. The van der Waals surface area contributed by atoms with Gasteiger partial charge in [0.25, 0.3) is 0 Å². The number of guanidine groups is 1. The number of hydrogen-bond donors (Lipinski definition) is 1. The molecule has 0 atom stereocenters. The summed E-state index contributed by atoms with van der Waals surface area (Å²) in [6.07, 6.45) is 0. The molecule has 0 fully saturated rings. The number of rotatable bonds is 6. The minimum Gasteiger partial charge on any atom is -0.352 e. The summed E-state index contributed by atoms with van der Waals surface area (Å²) in [5, 5.41) is 3.45. The lowest BCUT2D eigenvalue weighted by Gasteiger charge is -2.21. The molecule has 1 aliphatic heterocycles. The van der Waals surface area contributed by atoms with E-state index in [-0.39, 0.29) is 24.0 Å². The number of benzene rings is 1. The van der Waals surface area contributed by atoms with Crippen molar-refractivity contribution in [3.8, 4) is 0 Å². The maximum absolute atomic E-state index is 4.48. The van der Waals surface area contributed by atoms with Crippen molar-refractivity contribution in [2.24, 2.45) is 4.99 Å². The molecule has 4 nitrogen and oxygen atoms in total. The molecule has 21 heavy (non-hydrogen) atoms. The molecule has 5 heteroatoms. The van der Waals surface area contributed by atoms with E-state index >= 15 is 0 Å². The zero-order valence-corrected chi connectivity index (χ0v) is 15.6. The van der Waals surface area contributed by atoms with Crippen LogP contribution in [-0.2, 0) is 13.1 Å². The van der Waals surface area contributed by atoms with Crippen LogP contribution in [0.15, 0.2) is 29.3 Å². The van der Waals surface area contributed by atoms with Gasteiger partial charge in [-0.3, -0.25) is 9.89 Å². The van der Waals surface area contributed by atoms with E-state index in [1.165, 1.54) is 11.1 Å². The molecule has 0 bridgehead atoms. The van der Waals surface area contributed by atoms with Crippen molar-refractivity contribution in [3.05, 3.63) is 35.4 Å². The Morgan fingerprint density at radius 3 is 2.43 bits per heavy atom. The molecule has 0 amide bonds. The standard InChI is InChI=1S/C16H26N4.HI/c1-4-20(5-2)13-15-9-7-6-8-14(15)12-18-16-17-10-11-19(16)3;/h6-9H,4-5,10-13H2,1-3H3,(H,17,18);1H. The molecule has 1 N–H and O–H groups in total. The molecule has 118 valence electrons. The number of hydrogen-bond acceptors (Lipinski definition) is 4. The Hall–Kier alpha value is -0.820. The number of nitrogens with zero attached hydrogens (tertiary/aromatic N) is 3. The highest BCUT2D eigenvalue weighted by Crippen LogP contribution is 2.12. The van der Waals surface area contributed by atoms with Crippen molar-refractivity contribution in [2.45, 2.75) is 26.9 Å². The number of nitrogens with one attached hydrogen (secondary N) is 1. The van der Waals surface area contributed by atoms with Crippen molar-refractivity contribution in [1.82, 2.24) is 15.1 Å². The van der Waals surface area contributed by atoms with Gasteiger partial charge in [0.2, 0.25) is 0 Å². The summed E-state index contributed by atoms with van der Waals surface area (Å²) >= 11 is 0. The quantitative estimate of drug-likeness (QED) is 0.743. The van der Waals surface area contributed by atoms with Crippen molar-refractivity contribution in [3.63, 3.8) is 0 Å². The maximum Gasteiger partial charge on any atom is 0.194 e. The average Bonchev–Trinajstić information content (AvgIpc) is 2.89. The van der Waals surface area contributed by atoms with Crippen molar-refractivity contribution >= 4 is 29.9 Å². The van der Waals surface area contributed by atoms with E-state index in [0.717, 1.165) is 45.2 Å². The van der Waals surface area contributed by atoms with Gasteiger partial charge in [0.1, 0.15) is 0 Å². The first-order valence-electron chi connectivity index (χ1n) is 7.53. The molecule has 0 spiro atoms. The fourth-order valence-corrected chi connectivity index (χ4v) is 2.47. The molecule has 0 aromatic heterocycles. The molecule has 0 unspecified atom stereocenters. The molecule has 1 heterocycles. The van der Waals surface area contributed by atoms with Gasteiger partial charge in [-0.05, 0) is 24.2 Å². The third kappa shape index (κ3) is 5.14. The average molecular weight is 402 g/mol. The van der Waals surface area contributed by atoms with Crippen molar-refractivity contribution < 1.29 is 0 Å². The van der Waals surface area contributed by atoms with Crippen LogP contribution in [-0.4, -0.2) is 49.0 Å². The predicted molar refractivity (Wildman–Crippen MR) is 100 cm³/mol. The summed E-state index contributed by atoms with van der Waals surface area (Å²) in [5.74, 6) is 1.02. The Morgan fingerprint density at radius 2 is 1.86 bits per heavy atom. The molecule has 0 aliphatic carbocycles. The van der Waals surface area contributed by atoms with Gasteiger partial charge in [-0.1, -0.05) is 38.1 Å². The van der Waals surface area contributed by atoms with E-state index in [1.54, 1.807) is 0 Å². The minimum absolute atomic E-state index is 0. The monoisotopic (exact) mass is 402 g/mol. The molecule has 1 aromatic carbocycles. The number of likely N-dealkylation sites (N-methyl/N-ethyl adjacent to an activating group) is 1. The SMILES string of the molecule is CCN(CC)Cc1ccccc1CNC1=NCCN1C.I. The van der Waals surface area contributed by atoms with E-state index in [4.69, 9.17) is 0 Å². The van der Waals surface area contributed by atoms with Gasteiger partial charge in [-0.25, -0.2) is 0 Å². The lowest BCUT2D eigenvalue weighted by Crippen LogP contribution is -2.35. The van der Waals surface area contributed by atoms with E-state index in [1.807, 2.05) is 0 Å². The molecular weight excluding hydrogens is 375 g/mol. The van der Waals surface area contributed by atoms with Gasteiger partial charge in [-0.15, -0.1) is 24.0 Å². The molecule has 0 saturated heterocycles. The number of halogens is 1. The Morgan fingerprint density at radius 1 is 1.19 bits per heavy atom. The van der Waals surface area contributed by atoms with Crippen LogP contribution in [0.1, 0.15) is 25.0 Å². The Labute approximate surface area is 145 Å². The van der Waals surface area contributed by atoms with E-state index in [9.17, 15) is 0 Å². The lowest BCUT2D eigenvalue weighted by atomic mass is 10.1. The highest BCUT2D eigenvalue weighted by molar-refractivity contribution is 14.0. The minimum atomic E-state index is 0. The van der Waals surface area contributed by atoms with Crippen LogP contribution in [0.4, 0.5) is 0 Å². The van der Waals surface area contributed by atoms with E-state index < -0.39 is 0 Å². The number of aliphatic imine (C=N–C) groups is 1. The first kappa shape index (κ1) is 18.2. The van der Waals surface area contributed by atoms with Crippen LogP contribution >= 0.6 is 24.0 Å². The van der Waals surface area contributed by atoms with Crippen LogP contribution in [0.25, 0.3) is 0 Å². The predicted octanol–water partition coefficient (Wildman–Crippen LogP) is 2.54. The highest BCUT2D eigenvalue weighted by Gasteiger charge is 2.12. The summed E-state index contributed by atoms with van der Waals surface area (Å²) in [7, 11) is 2.08. The Bertz CT molecular complexity index is 457. The summed E-state index contributed by atoms with van der Waals surface area (Å²) in [6.45, 7) is 10.4. The van der Waals surface area contributed by atoms with Gasteiger partial charge < -0.3 is 10.2 Å². The third-order valence-corrected chi connectivity index (χ3v) is 3.90. The van der Waals surface area contributed by atoms with Gasteiger partial charge in [0.05, 0.1) is 6.54 Å². The van der Waals surface area contributed by atoms with Crippen LogP contribution < -0.4 is 5.32 Å². The summed E-state index contributed by atoms with van der Waals surface area (Å²) in [4.78, 5) is 9.09. The molecule has 1 aromatic rings. The smallest absolute Gasteiger partial charge is 0.194 e. The summed E-state index contributed by atoms with van der Waals surface area (Å²) in [5.41, 5.74) is 2.77. The van der Waals surface area contributed by atoms with Gasteiger partial charge in [0, 0.05) is 26.7 Å². The normalized spacial score (nSPS) is 14.1. The molecular formula is C16H27IN4. The second kappa shape index (κ2) is 9.25. The van der Waals surface area contributed by atoms with Crippen LogP contribution in [0.2, 0.25) is 0 Å². The first-order valence-corrected chi connectivity index (χ1v) is 7.53. The maximum atomic E-state index is 4.48. The summed E-state index contributed by atoms with van der Waals surface area (Å²) < 4.78 is 0. The van der Waals surface area contributed by atoms with Crippen molar-refractivity contribution in [2.75, 3.05) is 33.2 Å². The van der Waals surface area contributed by atoms with Crippen molar-refractivity contribution in [1.29, 1.82) is 0 Å². The van der Waals surface area contributed by atoms with Crippen LogP contribution in [0.3, 0.4) is 0 Å². The van der Waals surface area contributed by atoms with Gasteiger partial charge in [0.15, 0.2) is 5.96 Å². The fourth-order valence-electron chi connectivity index (χ4n) is 2.47. The Kier molecular flexibility index (Phi) is 8.03. The third-order valence-electron chi connectivity index (χ3n) is 3.90. The Balaban J connectivity index is 0.00000220. The molecule has 2 rings (SSSR count). The van der Waals surface area contributed by atoms with E-state index in [2.05, 4.69) is 65.3 Å². The van der Waals surface area contributed by atoms with Crippen LogP contribution in [0.5, 0.6) is 0 Å². The van der Waals surface area contributed by atoms with E-state index in [0.29, 0.717) is 0 Å². The molecule has 0 saturated carbocycles. The zero-order valence-electron chi connectivity index (χ0n) is 13.3. The lowest BCUT2D eigenvalue weighted by molar-refractivity contribution is 0.295. The molecule has 0 radical (unpaired) electrons. The fraction of sp³-hybridized carbons (Fsp3) is 0.562. The zero-order chi connectivity index (χ0) is 14.4. The molecule has 1 aliphatic rings. The summed E-state index contributed by atoms with van der Waals surface area (Å²) in [6, 6.07) is 8.68. The largest absolute Gasteiger partial charge is 0.352 e. The highest BCUT2D eigenvalue weighted by atomic mass is 127. The van der Waals surface area contributed by atoms with Gasteiger partial charge in [-0.2, -0.15) is 0 Å².